The number of hydrogen-bond donors (Lipinski definition) is 3. The van der Waals surface area contributed by atoms with Crippen molar-refractivity contribution in [3.05, 3.63) is 271 Å². The maximum absolute atomic E-state index is 14.2. The number of aliphatic imine (C=N–C) groups is 2. The molecule has 0 unspecified atom stereocenters. The van der Waals surface area contributed by atoms with Gasteiger partial charge in [0.15, 0.2) is 23.0 Å². The number of para-hydroxylation sites is 4. The maximum Gasteiger partial charge on any atom is 0.313 e. The topological polar surface area (TPSA) is 279 Å². The first-order chi connectivity index (χ1) is 68.1. The van der Waals surface area contributed by atoms with Crippen LogP contribution in [0.15, 0.2) is 192 Å². The molecule has 0 aliphatic carbocycles. The van der Waals surface area contributed by atoms with E-state index in [1.807, 2.05) is 167 Å². The number of halogens is 1. The molecule has 0 saturated heterocycles. The number of ether oxygens (including phenoxy) is 10. The van der Waals surface area contributed by atoms with Crippen molar-refractivity contribution in [2.75, 3.05) is 133 Å². The van der Waals surface area contributed by atoms with Crippen molar-refractivity contribution in [2.24, 2.45) is 9.98 Å². The average molecular weight is 2060 g/mol. The zero-order valence-electron chi connectivity index (χ0n) is 81.8. The van der Waals surface area contributed by atoms with E-state index in [4.69, 9.17) is 75.1 Å². The van der Waals surface area contributed by atoms with E-state index in [0.29, 0.717) is 147 Å². The number of alkyl halides is 1. The number of fused-ring (bicyclic) bond motifs is 16. The molecule has 2 N–H and O–H groups in total. The molecule has 10 aromatic rings. The Hall–Kier alpha value is -12.0. The van der Waals surface area contributed by atoms with Crippen molar-refractivity contribution in [3.8, 4) is 34.5 Å². The van der Waals surface area contributed by atoms with Crippen LogP contribution in [0.4, 0.5) is 45.5 Å². The second-order valence-corrected chi connectivity index (χ2v) is 41.6. The molecule has 8 aliphatic heterocycles. The van der Waals surface area contributed by atoms with Gasteiger partial charge in [0, 0.05) is 144 Å². The molecule has 0 fully saturated rings. The Labute approximate surface area is 848 Å². The van der Waals surface area contributed by atoms with Crippen molar-refractivity contribution in [1.29, 1.82) is 0 Å². The Morgan fingerprint density at radius 1 is 0.433 bits per heavy atom. The molecule has 18 rings (SSSR count). The van der Waals surface area contributed by atoms with Gasteiger partial charge in [-0.05, 0) is 257 Å². The molecule has 141 heavy (non-hydrogen) atoms. The number of thioether (sulfide) groups is 1. The first kappa shape index (κ1) is 102. The molecule has 8 heterocycles. The molecule has 0 spiro atoms. The number of aryl methyl sites for hydroxylation is 4. The second kappa shape index (κ2) is 46.4. The number of carboxylic acid groups (broad SMARTS) is 2. The zero-order valence-corrected chi connectivity index (χ0v) is 85.7. The molecule has 8 aliphatic rings. The van der Waals surface area contributed by atoms with E-state index >= 15 is 0 Å². The molecule has 10 aromatic carbocycles. The van der Waals surface area contributed by atoms with Gasteiger partial charge < -0.3 is 77.2 Å². The number of methoxy groups -OCH3 is 2. The van der Waals surface area contributed by atoms with Crippen LogP contribution in [0.1, 0.15) is 175 Å². The summed E-state index contributed by atoms with van der Waals surface area (Å²) in [5.41, 5.74) is 21.1. The van der Waals surface area contributed by atoms with Gasteiger partial charge in [0.05, 0.1) is 98.6 Å². The highest BCUT2D eigenvalue weighted by Crippen LogP contribution is 2.47. The zero-order chi connectivity index (χ0) is 99.2. The lowest BCUT2D eigenvalue weighted by Crippen LogP contribution is -2.39. The molecule has 0 radical (unpaired) electrons. The van der Waals surface area contributed by atoms with Crippen LogP contribution in [0, 0.1) is 13.8 Å². The van der Waals surface area contributed by atoms with Gasteiger partial charge in [-0.1, -0.05) is 109 Å². The number of aliphatic carboxylic acids is 2. The fourth-order valence-electron chi connectivity index (χ4n) is 19.7. The van der Waals surface area contributed by atoms with E-state index in [-0.39, 0.29) is 89.2 Å². The molecule has 29 heteroatoms. The number of anilines is 6. The molecule has 0 saturated carbocycles. The fraction of sp³-hybridized carbons (Fsp3) is 0.393. The highest BCUT2D eigenvalue weighted by Gasteiger charge is 2.43. The van der Waals surface area contributed by atoms with Crippen LogP contribution < -0.4 is 57.8 Å². The van der Waals surface area contributed by atoms with Crippen molar-refractivity contribution in [2.45, 2.75) is 180 Å². The molecule has 740 valence electrons. The van der Waals surface area contributed by atoms with Crippen molar-refractivity contribution in [3.63, 3.8) is 0 Å². The van der Waals surface area contributed by atoms with Crippen molar-refractivity contribution < 1.29 is 86.3 Å². The molecule has 4 atom stereocenters. The highest BCUT2D eigenvalue weighted by molar-refractivity contribution is 14.1. The largest absolute Gasteiger partial charge is 0.493 e. The average Bonchev–Trinajstić information content (AvgIpc) is 1.72. The number of rotatable bonds is 40. The van der Waals surface area contributed by atoms with Crippen LogP contribution in [0.2, 0.25) is 0 Å². The van der Waals surface area contributed by atoms with Crippen LogP contribution in [-0.4, -0.2) is 195 Å². The van der Waals surface area contributed by atoms with Gasteiger partial charge in [0.25, 0.3) is 23.6 Å². The van der Waals surface area contributed by atoms with Crippen LogP contribution in [0.5, 0.6) is 34.5 Å². The van der Waals surface area contributed by atoms with Crippen LogP contribution in [-0.2, 0) is 93.5 Å². The van der Waals surface area contributed by atoms with Gasteiger partial charge in [-0.2, -0.15) is 12.6 Å². The maximum atomic E-state index is 14.2. The van der Waals surface area contributed by atoms with Crippen LogP contribution in [0.3, 0.4) is 0 Å². The predicted octanol–water partition coefficient (Wildman–Crippen LogP) is 20.2. The number of hydrogen-bond acceptors (Lipinski definition) is 22. The number of nitrogens with zero attached hydrogens (tertiary/aromatic N) is 8. The highest BCUT2D eigenvalue weighted by atomic mass is 127. The third-order valence-corrected chi connectivity index (χ3v) is 28.4. The molecule has 4 amide bonds. The van der Waals surface area contributed by atoms with E-state index in [1.165, 1.54) is 22.9 Å². The minimum absolute atomic E-state index is 0.00135. The van der Waals surface area contributed by atoms with E-state index in [2.05, 4.69) is 112 Å². The van der Waals surface area contributed by atoms with Gasteiger partial charge in [-0.15, -0.1) is 11.8 Å². The molecule has 26 nitrogen and oxygen atoms in total. The summed E-state index contributed by atoms with van der Waals surface area (Å²) in [6.45, 7) is 24.0. The third-order valence-electron chi connectivity index (χ3n) is 26.3. The number of carboxylic acids is 2. The normalized spacial score (nSPS) is 16.5. The summed E-state index contributed by atoms with van der Waals surface area (Å²) in [4.78, 5) is 99.4. The van der Waals surface area contributed by atoms with Gasteiger partial charge >= 0.3 is 11.9 Å². The van der Waals surface area contributed by atoms with E-state index < -0.39 is 16.7 Å². The lowest BCUT2D eigenvalue weighted by molar-refractivity contribution is -0.134. The molecular formula is C112H125IN8O18S2. The standard InChI is InChI=1S/C56H62N4O9S.C54H60N4O7S.C2H3IO2/c1-6-18-66-20-21-67-19-17-58(35-56(3,4)70-34-53(61)62)43-24-37(32-68-50-30-47-46(22-36(50)2)55(64)60-44(31-57-47)27-41-12-8-10-14-49(41)60)23-38(25-43)33-69-52-28-39-15-16-42-26-40-11-7-9-13-48(40)59(42)54(63)45(39)29-51(52)65-5;1-6-18-62-20-21-63-19-17-56(34-54(3,4)66)42-24-36(32-64-49-30-46-45(22-35(49)2)53(60)58-43(31-55-46)27-40-12-8-10-14-48(40)58)23-37(25-42)33-65-51-28-38-15-16-41-26-39-11-7-9-13-47(39)57(41)52(59)44(38)29-50(51)61-5;3-1-2(4)5/h7-14,22-25,28-31,42,44H,6,15-21,26-27,32-35H2,1-5H3,(H,61,62);7-14,22-25,28-31,41,43,66H,6,15-21,26-27,32-34H2,1-5H3;1H2,(H,4,5)/t42-,44+;41-,43+;/m11./s1. The minimum Gasteiger partial charge on any atom is -0.493 e. The Balaban J connectivity index is 0.000000194. The molecule has 0 aromatic heterocycles. The summed E-state index contributed by atoms with van der Waals surface area (Å²) in [5.74, 6) is 1.56. The van der Waals surface area contributed by atoms with E-state index in [9.17, 15) is 33.9 Å². The van der Waals surface area contributed by atoms with Gasteiger partial charge in [-0.3, -0.25) is 48.6 Å². The monoisotopic (exact) mass is 2060 g/mol. The quantitative estimate of drug-likeness (QED) is 0.0139. The van der Waals surface area contributed by atoms with Crippen LogP contribution >= 0.6 is 47.0 Å². The summed E-state index contributed by atoms with van der Waals surface area (Å²) in [7, 11) is 3.21. The SMILES string of the molecule is CCCOCCOCCN(CC(C)(C)S)c1cc(COc2cc3c(cc2C)C(=O)N2c4ccccc4C[C@H]2C=N3)cc(COc2cc3c(cc2OC)C(=O)N2c4ccccc4C[C@H]2CC3)c1.CCCOCCOCCN(CC(C)(C)SCC(=O)O)c1cc(COc2cc3c(cc2C)C(=O)N2c4ccccc4C[C@H]2C=N3)cc(COc2cc3c(cc2OC)C(=O)N2c4ccccc4C[C@H]2CC3)c1.O=C(O)CI. The number of thiol groups is 1. The Morgan fingerprint density at radius 3 is 1.16 bits per heavy atom. The number of benzene rings is 10. The smallest absolute Gasteiger partial charge is 0.313 e. The summed E-state index contributed by atoms with van der Waals surface area (Å²) in [6.07, 6.45) is 12.0. The lowest BCUT2D eigenvalue weighted by Gasteiger charge is -2.34. The Morgan fingerprint density at radius 2 is 0.787 bits per heavy atom. The summed E-state index contributed by atoms with van der Waals surface area (Å²) >= 11 is 8.12. The first-order valence-corrected chi connectivity index (χ1v) is 51.5. The third kappa shape index (κ3) is 24.5. The predicted molar refractivity (Wildman–Crippen MR) is 567 cm³/mol. The number of amides is 4. The first-order valence-electron chi connectivity index (χ1n) is 48.5. The fourth-order valence-corrected chi connectivity index (χ4v) is 20.7. The summed E-state index contributed by atoms with van der Waals surface area (Å²) < 4.78 is 61.2. The molecule has 0 bridgehead atoms. The van der Waals surface area contributed by atoms with Gasteiger partial charge in [0.2, 0.25) is 0 Å². The van der Waals surface area contributed by atoms with Crippen molar-refractivity contribution >= 4 is 140 Å². The lowest BCUT2D eigenvalue weighted by atomic mass is 9.99. The minimum atomic E-state index is -0.865. The summed E-state index contributed by atoms with van der Waals surface area (Å²) in [5, 5.41) is 17.3. The van der Waals surface area contributed by atoms with E-state index in [0.717, 1.165) is 154 Å². The van der Waals surface area contributed by atoms with Gasteiger partial charge in [0.1, 0.15) is 37.9 Å². The van der Waals surface area contributed by atoms with Crippen molar-refractivity contribution in [1.82, 2.24) is 0 Å². The summed E-state index contributed by atoms with van der Waals surface area (Å²) in [6, 6.07) is 60.1. The Kier molecular flexibility index (Phi) is 33.5. The number of carbonyl (C=O) groups excluding carboxylic acids is 4. The Bertz CT molecular complexity index is 6320. The van der Waals surface area contributed by atoms with Gasteiger partial charge in [-0.25, -0.2) is 0 Å². The van der Waals surface area contributed by atoms with E-state index in [1.54, 1.807) is 36.8 Å². The number of carbonyl (C=O) groups is 6. The second-order valence-electron chi connectivity index (χ2n) is 37.9. The van der Waals surface area contributed by atoms with Crippen LogP contribution in [0.25, 0.3) is 0 Å². The molecular weight excluding hydrogens is 1940 g/mol.